The summed E-state index contributed by atoms with van der Waals surface area (Å²) in [5.41, 5.74) is 0. The van der Waals surface area contributed by atoms with E-state index < -0.39 is 18.1 Å². The zero-order valence-corrected chi connectivity index (χ0v) is 38.3. The van der Waals surface area contributed by atoms with Gasteiger partial charge in [0.15, 0.2) is 12.1 Å². The summed E-state index contributed by atoms with van der Waals surface area (Å²) in [7, 11) is 5.54. The van der Waals surface area contributed by atoms with Gasteiger partial charge in [-0.25, -0.2) is 4.79 Å². The second-order valence-corrected chi connectivity index (χ2v) is 17.7. The zero-order valence-electron chi connectivity index (χ0n) is 38.3. The number of ether oxygens (including phenoxy) is 3. The third-order valence-electron chi connectivity index (χ3n) is 11.2. The van der Waals surface area contributed by atoms with Gasteiger partial charge in [0.05, 0.1) is 34.4 Å². The predicted octanol–water partition coefficient (Wildman–Crippen LogP) is 13.5. The average Bonchev–Trinajstić information content (AvgIpc) is 3.17. The molecule has 0 saturated carbocycles. The molecule has 1 N–H and O–H groups in total. The smallest absolute Gasteiger partial charge is 0.362 e. The maximum absolute atomic E-state index is 12.8. The first-order chi connectivity index (χ1) is 27.6. The Bertz CT molecular complexity index is 947. The Morgan fingerprint density at radius 1 is 0.509 bits per heavy atom. The van der Waals surface area contributed by atoms with E-state index in [-0.39, 0.29) is 36.2 Å². The molecule has 57 heavy (non-hydrogen) atoms. The van der Waals surface area contributed by atoms with Gasteiger partial charge in [0, 0.05) is 19.3 Å². The van der Waals surface area contributed by atoms with Crippen molar-refractivity contribution in [2.75, 3.05) is 41.0 Å². The molecule has 0 aromatic rings. The lowest BCUT2D eigenvalue weighted by atomic mass is 10.0. The van der Waals surface area contributed by atoms with Crippen LogP contribution < -0.4 is 0 Å². The minimum absolute atomic E-state index is 0.0463. The highest BCUT2D eigenvalue weighted by atomic mass is 16.6. The fraction of sp³-hybridized carbons (Fsp3) is 0.898. The molecule has 8 nitrogen and oxygen atoms in total. The number of carboxylic acids is 1. The largest absolute Gasteiger partial charge is 0.477 e. The van der Waals surface area contributed by atoms with E-state index in [2.05, 4.69) is 26.0 Å². The Kier molecular flexibility index (Phi) is 39.4. The van der Waals surface area contributed by atoms with E-state index in [0.29, 0.717) is 19.3 Å². The first-order valence-electron chi connectivity index (χ1n) is 24.2. The van der Waals surface area contributed by atoms with Crippen molar-refractivity contribution < 1.29 is 38.2 Å². The molecule has 0 aliphatic carbocycles. The SMILES string of the molecule is CCCCCCCCC/C=C\CCCCCCCCCC(=O)OC(COCCC(C(=O)O)[N+](C)(C)C)COC(=O)CCCCCCCCCCCCCCCCC. The molecule has 0 heterocycles. The molecule has 0 saturated heterocycles. The number of rotatable bonds is 44. The molecule has 0 aliphatic heterocycles. The number of carboxylic acid groups (broad SMARTS) is 1. The molecule has 0 aliphatic rings. The summed E-state index contributed by atoms with van der Waals surface area (Å²) in [6.45, 7) is 4.77. The Morgan fingerprint density at radius 2 is 0.877 bits per heavy atom. The quantitative estimate of drug-likeness (QED) is 0.0283. The van der Waals surface area contributed by atoms with Gasteiger partial charge in [0.1, 0.15) is 6.61 Å². The average molecular weight is 809 g/mol. The van der Waals surface area contributed by atoms with E-state index in [1.165, 1.54) is 161 Å². The Balaban J connectivity index is 4.26. The molecule has 2 unspecified atom stereocenters. The Hall–Kier alpha value is -1.93. The standard InChI is InChI=1S/C49H93NO7/c1-6-8-10-12-14-16-18-20-22-23-24-26-28-30-32-34-36-38-40-48(52)57-45(43-55-42-41-46(49(53)54)50(3,4)5)44-56-47(51)39-37-35-33-31-29-27-25-21-19-17-15-13-11-9-7-2/h22-23,45-46H,6-21,24-44H2,1-5H3/p+1/b23-22-. The van der Waals surface area contributed by atoms with Crippen molar-refractivity contribution >= 4 is 17.9 Å². The molecular weight excluding hydrogens is 715 g/mol. The van der Waals surface area contributed by atoms with Crippen molar-refractivity contribution in [3.05, 3.63) is 12.2 Å². The summed E-state index contributed by atoms with van der Waals surface area (Å²) in [6, 6.07) is -0.611. The number of nitrogens with zero attached hydrogens (tertiary/aromatic N) is 1. The van der Waals surface area contributed by atoms with Gasteiger partial charge in [-0.2, -0.15) is 0 Å². The molecule has 0 aromatic heterocycles. The maximum Gasteiger partial charge on any atom is 0.362 e. The van der Waals surface area contributed by atoms with Gasteiger partial charge in [-0.05, 0) is 38.5 Å². The van der Waals surface area contributed by atoms with Crippen molar-refractivity contribution in [1.29, 1.82) is 0 Å². The fourth-order valence-electron chi connectivity index (χ4n) is 7.38. The molecule has 0 bridgehead atoms. The number of quaternary nitrogens is 1. The van der Waals surface area contributed by atoms with Gasteiger partial charge in [0.2, 0.25) is 0 Å². The molecule has 336 valence electrons. The number of hydrogen-bond acceptors (Lipinski definition) is 6. The molecular formula is C49H94NO7+. The molecule has 0 radical (unpaired) electrons. The van der Waals surface area contributed by atoms with Gasteiger partial charge in [-0.1, -0.05) is 187 Å². The summed E-state index contributed by atoms with van der Waals surface area (Å²) < 4.78 is 17.3. The van der Waals surface area contributed by atoms with E-state index in [1.54, 1.807) is 0 Å². The summed E-state index contributed by atoms with van der Waals surface area (Å²) in [5.74, 6) is -1.45. The molecule has 2 atom stereocenters. The van der Waals surface area contributed by atoms with Gasteiger partial charge in [0.25, 0.3) is 0 Å². The number of hydrogen-bond donors (Lipinski definition) is 1. The normalized spacial score (nSPS) is 12.9. The summed E-state index contributed by atoms with van der Waals surface area (Å²) >= 11 is 0. The molecule has 0 spiro atoms. The molecule has 0 rings (SSSR count). The third-order valence-corrected chi connectivity index (χ3v) is 11.2. The molecule has 0 amide bonds. The monoisotopic (exact) mass is 809 g/mol. The summed E-state index contributed by atoms with van der Waals surface area (Å²) in [4.78, 5) is 37.1. The van der Waals surface area contributed by atoms with Crippen LogP contribution in [-0.4, -0.2) is 80.6 Å². The maximum atomic E-state index is 12.8. The number of esters is 2. The van der Waals surface area contributed by atoms with Gasteiger partial charge in [-0.15, -0.1) is 0 Å². The van der Waals surface area contributed by atoms with Crippen LogP contribution in [0.25, 0.3) is 0 Å². The van der Waals surface area contributed by atoms with Crippen molar-refractivity contribution in [1.82, 2.24) is 0 Å². The number of carbonyl (C=O) groups excluding carboxylic acids is 2. The topological polar surface area (TPSA) is 99.1 Å². The van der Waals surface area contributed by atoms with Crippen molar-refractivity contribution in [2.45, 2.75) is 244 Å². The van der Waals surface area contributed by atoms with Gasteiger partial charge < -0.3 is 23.8 Å². The number of likely N-dealkylation sites (N-methyl/N-ethyl adjacent to an activating group) is 1. The van der Waals surface area contributed by atoms with Crippen LogP contribution in [0, 0.1) is 0 Å². The van der Waals surface area contributed by atoms with E-state index in [1.807, 2.05) is 21.1 Å². The van der Waals surface area contributed by atoms with Gasteiger partial charge in [-0.3, -0.25) is 9.59 Å². The zero-order chi connectivity index (χ0) is 42.1. The Morgan fingerprint density at radius 3 is 1.26 bits per heavy atom. The number of aliphatic carboxylic acids is 1. The molecule has 0 aromatic carbocycles. The number of allylic oxidation sites excluding steroid dienone is 2. The highest BCUT2D eigenvalue weighted by Crippen LogP contribution is 2.16. The molecule has 8 heteroatoms. The van der Waals surface area contributed by atoms with E-state index in [0.717, 1.165) is 38.5 Å². The van der Waals surface area contributed by atoms with Crippen LogP contribution >= 0.6 is 0 Å². The van der Waals surface area contributed by atoms with Crippen LogP contribution in [0.4, 0.5) is 0 Å². The number of unbranched alkanes of at least 4 members (excludes halogenated alkanes) is 28. The minimum Gasteiger partial charge on any atom is -0.477 e. The highest BCUT2D eigenvalue weighted by molar-refractivity contribution is 5.72. The first kappa shape index (κ1) is 55.1. The van der Waals surface area contributed by atoms with Crippen molar-refractivity contribution in [2.24, 2.45) is 0 Å². The first-order valence-corrected chi connectivity index (χ1v) is 24.2. The van der Waals surface area contributed by atoms with Crippen LogP contribution in [0.3, 0.4) is 0 Å². The van der Waals surface area contributed by atoms with E-state index in [4.69, 9.17) is 14.2 Å². The van der Waals surface area contributed by atoms with E-state index >= 15 is 0 Å². The predicted molar refractivity (Wildman–Crippen MR) is 239 cm³/mol. The second kappa shape index (κ2) is 40.8. The van der Waals surface area contributed by atoms with E-state index in [9.17, 15) is 19.5 Å². The van der Waals surface area contributed by atoms with Crippen LogP contribution in [0.5, 0.6) is 0 Å². The van der Waals surface area contributed by atoms with Crippen molar-refractivity contribution in [3.8, 4) is 0 Å². The minimum atomic E-state index is -0.872. The van der Waals surface area contributed by atoms with Crippen molar-refractivity contribution in [3.63, 3.8) is 0 Å². The molecule has 0 fully saturated rings. The lowest BCUT2D eigenvalue weighted by Gasteiger charge is -2.31. The number of carbonyl (C=O) groups is 3. The highest BCUT2D eigenvalue weighted by Gasteiger charge is 2.31. The summed E-state index contributed by atoms with van der Waals surface area (Å²) in [5, 5.41) is 9.63. The third kappa shape index (κ3) is 39.3. The fourth-order valence-corrected chi connectivity index (χ4v) is 7.38. The summed E-state index contributed by atoms with van der Waals surface area (Å²) in [6.07, 6.45) is 43.9. The van der Waals surface area contributed by atoms with Crippen LogP contribution in [0.2, 0.25) is 0 Å². The van der Waals surface area contributed by atoms with Gasteiger partial charge >= 0.3 is 17.9 Å². The Labute approximate surface area is 352 Å². The second-order valence-electron chi connectivity index (χ2n) is 17.7. The lowest BCUT2D eigenvalue weighted by molar-refractivity contribution is -0.887. The lowest BCUT2D eigenvalue weighted by Crippen LogP contribution is -2.50. The van der Waals surface area contributed by atoms with Crippen LogP contribution in [0.1, 0.15) is 232 Å². The van der Waals surface area contributed by atoms with Crippen LogP contribution in [-0.2, 0) is 28.6 Å². The van der Waals surface area contributed by atoms with Crippen LogP contribution in [0.15, 0.2) is 12.2 Å².